The smallest absolute Gasteiger partial charge is 0.343 e. The van der Waals surface area contributed by atoms with Crippen LogP contribution in [0.3, 0.4) is 0 Å². The number of aromatic amines is 1. The maximum Gasteiger partial charge on any atom is 0.416 e. The van der Waals surface area contributed by atoms with Crippen LogP contribution in [0, 0.1) is 0 Å². The normalized spacial score (nSPS) is 15.7. The van der Waals surface area contributed by atoms with Crippen molar-refractivity contribution in [2.75, 3.05) is 13.1 Å². The van der Waals surface area contributed by atoms with Crippen LogP contribution in [0.5, 0.6) is 0 Å². The van der Waals surface area contributed by atoms with E-state index >= 15 is 0 Å². The number of benzene rings is 2. The number of piperidine rings is 1. The van der Waals surface area contributed by atoms with E-state index in [0.717, 1.165) is 23.2 Å². The van der Waals surface area contributed by atoms with Gasteiger partial charge in [0.05, 0.1) is 27.3 Å². The van der Waals surface area contributed by atoms with Crippen molar-refractivity contribution < 1.29 is 18.0 Å². The standard InChI is InChI=1S/C29H25ClF3N5O2/c30-20-8-9-26-34-16-25(37(26)17-20)22(18-4-3-5-19(14-18)29(31,32)33)15-27(39)36-12-10-21(11-13-36)38-24-7-2-1-6-23(24)35-28(38)40/h1-9,14,16-17,21-22H,10-13,15H2,(H,35,40). The van der Waals surface area contributed by atoms with Gasteiger partial charge in [-0.05, 0) is 48.7 Å². The number of likely N-dealkylation sites (tertiary alicyclic amines) is 1. The van der Waals surface area contributed by atoms with Gasteiger partial charge in [-0.3, -0.25) is 9.36 Å². The third-order valence-electron chi connectivity index (χ3n) is 7.66. The van der Waals surface area contributed by atoms with Crippen molar-refractivity contribution in [3.05, 3.63) is 105 Å². The molecule has 1 N–H and O–H groups in total. The molecule has 1 aliphatic heterocycles. The molecular formula is C29H25ClF3N5O2. The molecule has 206 valence electrons. The van der Waals surface area contributed by atoms with E-state index in [1.54, 1.807) is 44.5 Å². The highest BCUT2D eigenvalue weighted by Crippen LogP contribution is 2.36. The first kappa shape index (κ1) is 26.2. The number of H-pyrrole nitrogens is 1. The first-order chi connectivity index (χ1) is 19.2. The number of amides is 1. The van der Waals surface area contributed by atoms with Gasteiger partial charge in [-0.25, -0.2) is 9.78 Å². The Kier molecular flexibility index (Phi) is 6.66. The lowest BCUT2D eigenvalue weighted by molar-refractivity contribution is -0.137. The largest absolute Gasteiger partial charge is 0.416 e. The molecule has 1 fully saturated rings. The van der Waals surface area contributed by atoms with Crippen molar-refractivity contribution in [3.8, 4) is 0 Å². The van der Waals surface area contributed by atoms with Gasteiger partial charge in [-0.1, -0.05) is 41.9 Å². The summed E-state index contributed by atoms with van der Waals surface area (Å²) in [6.45, 7) is 0.869. The summed E-state index contributed by atoms with van der Waals surface area (Å²) in [6, 6.07) is 15.9. The molecule has 3 aromatic heterocycles. The third kappa shape index (κ3) is 4.88. The van der Waals surface area contributed by atoms with Gasteiger partial charge in [-0.15, -0.1) is 0 Å². The van der Waals surface area contributed by atoms with Crippen LogP contribution in [-0.2, 0) is 11.0 Å². The maximum absolute atomic E-state index is 13.6. The minimum atomic E-state index is -4.52. The lowest BCUT2D eigenvalue weighted by Gasteiger charge is -2.33. The Bertz CT molecular complexity index is 1760. The molecular weight excluding hydrogens is 543 g/mol. The Morgan fingerprint density at radius 3 is 2.62 bits per heavy atom. The number of imidazole rings is 2. The lowest BCUT2D eigenvalue weighted by atomic mass is 9.90. The Balaban J connectivity index is 1.27. The second kappa shape index (κ2) is 10.2. The lowest BCUT2D eigenvalue weighted by Crippen LogP contribution is -2.41. The number of nitrogens with one attached hydrogen (secondary N) is 1. The SMILES string of the molecule is O=C(CC(c1cccc(C(F)(F)F)c1)c1cnc2ccc(Cl)cn12)N1CCC(n2c(=O)[nH]c3ccccc32)CC1. The average Bonchev–Trinajstić information content (AvgIpc) is 3.51. The summed E-state index contributed by atoms with van der Waals surface area (Å²) < 4.78 is 44.2. The van der Waals surface area contributed by atoms with E-state index < -0.39 is 17.7 Å². The number of halogens is 4. The summed E-state index contributed by atoms with van der Waals surface area (Å²) in [7, 11) is 0. The van der Waals surface area contributed by atoms with Gasteiger partial charge in [0.25, 0.3) is 0 Å². The second-order valence-electron chi connectivity index (χ2n) is 10.1. The van der Waals surface area contributed by atoms with Crippen molar-refractivity contribution in [2.24, 2.45) is 0 Å². The Morgan fingerprint density at radius 2 is 1.85 bits per heavy atom. The fourth-order valence-corrected chi connectivity index (χ4v) is 5.83. The Labute approximate surface area is 231 Å². The molecule has 0 bridgehead atoms. The monoisotopic (exact) mass is 567 g/mol. The molecule has 11 heteroatoms. The summed E-state index contributed by atoms with van der Waals surface area (Å²) in [6.07, 6.45) is -0.150. The minimum Gasteiger partial charge on any atom is -0.343 e. The molecule has 5 aromatic rings. The number of alkyl halides is 3. The van der Waals surface area contributed by atoms with Gasteiger partial charge >= 0.3 is 11.9 Å². The van der Waals surface area contributed by atoms with Gasteiger partial charge in [0, 0.05) is 43.9 Å². The predicted octanol–water partition coefficient (Wildman–Crippen LogP) is 6.04. The molecule has 1 amide bonds. The number of pyridine rings is 1. The minimum absolute atomic E-state index is 0.0423. The molecule has 0 aliphatic carbocycles. The van der Waals surface area contributed by atoms with Gasteiger partial charge in [0.2, 0.25) is 5.91 Å². The zero-order chi connectivity index (χ0) is 28.0. The molecule has 7 nitrogen and oxygen atoms in total. The number of para-hydroxylation sites is 2. The van der Waals surface area contributed by atoms with E-state index in [2.05, 4.69) is 9.97 Å². The molecule has 4 heterocycles. The molecule has 1 saturated heterocycles. The van der Waals surface area contributed by atoms with Crippen LogP contribution in [0.2, 0.25) is 5.02 Å². The highest BCUT2D eigenvalue weighted by molar-refractivity contribution is 6.30. The Morgan fingerprint density at radius 1 is 1.07 bits per heavy atom. The number of nitrogens with zero attached hydrogens (tertiary/aromatic N) is 4. The van der Waals surface area contributed by atoms with Crippen LogP contribution < -0.4 is 5.69 Å². The summed E-state index contributed by atoms with van der Waals surface area (Å²) in [4.78, 5) is 35.3. The van der Waals surface area contributed by atoms with E-state index in [1.165, 1.54) is 6.07 Å². The molecule has 1 atom stereocenters. The Hall–Kier alpha value is -4.05. The summed E-state index contributed by atoms with van der Waals surface area (Å²) >= 11 is 6.22. The third-order valence-corrected chi connectivity index (χ3v) is 7.88. The van der Waals surface area contributed by atoms with Crippen molar-refractivity contribution in [1.29, 1.82) is 0 Å². The molecule has 1 unspecified atom stereocenters. The van der Waals surface area contributed by atoms with Crippen LogP contribution in [0.25, 0.3) is 16.7 Å². The molecule has 0 spiro atoms. The van der Waals surface area contributed by atoms with E-state index in [-0.39, 0.29) is 24.1 Å². The molecule has 6 rings (SSSR count). The van der Waals surface area contributed by atoms with Crippen molar-refractivity contribution in [2.45, 2.75) is 37.4 Å². The van der Waals surface area contributed by atoms with Crippen molar-refractivity contribution >= 4 is 34.2 Å². The summed E-state index contributed by atoms with van der Waals surface area (Å²) in [5.74, 6) is -0.860. The highest BCUT2D eigenvalue weighted by atomic mass is 35.5. The topological polar surface area (TPSA) is 75.4 Å². The van der Waals surface area contributed by atoms with Crippen LogP contribution in [0.4, 0.5) is 13.2 Å². The van der Waals surface area contributed by atoms with Gasteiger partial charge in [0.15, 0.2) is 0 Å². The van der Waals surface area contributed by atoms with Gasteiger partial charge < -0.3 is 14.3 Å². The fraction of sp³-hybridized carbons (Fsp3) is 0.276. The van der Waals surface area contributed by atoms with Gasteiger partial charge in [0.1, 0.15) is 5.65 Å². The van der Waals surface area contributed by atoms with E-state index in [9.17, 15) is 22.8 Å². The number of hydrogen-bond acceptors (Lipinski definition) is 3. The zero-order valence-corrected chi connectivity index (χ0v) is 22.0. The van der Waals surface area contributed by atoms with Crippen LogP contribution in [-0.4, -0.2) is 42.8 Å². The fourth-order valence-electron chi connectivity index (χ4n) is 5.67. The first-order valence-corrected chi connectivity index (χ1v) is 13.3. The van der Waals surface area contributed by atoms with E-state index in [1.807, 2.05) is 24.3 Å². The number of carbonyl (C=O) groups is 1. The number of hydrogen-bond donors (Lipinski definition) is 1. The predicted molar refractivity (Wildman–Crippen MR) is 146 cm³/mol. The zero-order valence-electron chi connectivity index (χ0n) is 21.2. The van der Waals surface area contributed by atoms with E-state index in [4.69, 9.17) is 11.6 Å². The first-order valence-electron chi connectivity index (χ1n) is 13.0. The van der Waals surface area contributed by atoms with Crippen molar-refractivity contribution in [1.82, 2.24) is 23.8 Å². The quantitative estimate of drug-likeness (QED) is 0.281. The second-order valence-corrected chi connectivity index (χ2v) is 10.5. The molecule has 2 aromatic carbocycles. The number of rotatable bonds is 5. The summed E-state index contributed by atoms with van der Waals surface area (Å²) in [5, 5.41) is 0.440. The van der Waals surface area contributed by atoms with E-state index in [0.29, 0.717) is 47.9 Å². The molecule has 0 radical (unpaired) electrons. The van der Waals surface area contributed by atoms with Crippen molar-refractivity contribution in [3.63, 3.8) is 0 Å². The number of aromatic nitrogens is 4. The average molecular weight is 568 g/mol. The van der Waals surface area contributed by atoms with Crippen LogP contribution >= 0.6 is 11.6 Å². The molecule has 40 heavy (non-hydrogen) atoms. The van der Waals surface area contributed by atoms with Gasteiger partial charge in [-0.2, -0.15) is 13.2 Å². The van der Waals surface area contributed by atoms with Crippen LogP contribution in [0.15, 0.2) is 77.9 Å². The summed E-state index contributed by atoms with van der Waals surface area (Å²) in [5.41, 5.74) is 2.15. The number of fused-ring (bicyclic) bond motifs is 2. The molecule has 1 aliphatic rings. The van der Waals surface area contributed by atoms with Crippen LogP contribution in [0.1, 0.15) is 48.0 Å². The highest BCUT2D eigenvalue weighted by Gasteiger charge is 2.33. The number of carbonyl (C=O) groups excluding carboxylic acids is 1. The molecule has 0 saturated carbocycles. The maximum atomic E-state index is 13.6.